The number of aromatic nitrogens is 1. The van der Waals surface area contributed by atoms with E-state index in [1.807, 2.05) is 23.6 Å². The maximum Gasteiger partial charge on any atom is 0.263 e. The summed E-state index contributed by atoms with van der Waals surface area (Å²) in [5.74, 6) is 0.276. The molecule has 10 heteroatoms. The number of halogens is 1. The standard InChI is InChI=1S/C26H21FN2O5S2/c1-33-23-15-24(34-2)21(25-4-3-13-35-25)14-18(23)7-11-22(30)17-5-9-20(10-6-17)36(31,32)29-26-12-8-19(27)16-28-26/h3-16H,1-2H3,(H,28,29). The van der Waals surface area contributed by atoms with Gasteiger partial charge in [-0.2, -0.15) is 0 Å². The molecule has 0 amide bonds. The first-order valence-corrected chi connectivity index (χ1v) is 12.9. The summed E-state index contributed by atoms with van der Waals surface area (Å²) in [6.07, 6.45) is 3.95. The lowest BCUT2D eigenvalue weighted by molar-refractivity contribution is 0.104. The molecule has 0 saturated carbocycles. The van der Waals surface area contributed by atoms with Gasteiger partial charge in [-0.3, -0.25) is 9.52 Å². The summed E-state index contributed by atoms with van der Waals surface area (Å²) in [5.41, 5.74) is 1.86. The average Bonchev–Trinajstić information content (AvgIpc) is 3.43. The Labute approximate surface area is 211 Å². The number of pyridine rings is 1. The zero-order valence-electron chi connectivity index (χ0n) is 19.3. The van der Waals surface area contributed by atoms with Crippen molar-refractivity contribution in [1.82, 2.24) is 4.98 Å². The number of methoxy groups -OCH3 is 2. The molecule has 0 saturated heterocycles. The summed E-state index contributed by atoms with van der Waals surface area (Å²) < 4.78 is 51.4. The van der Waals surface area contributed by atoms with E-state index in [-0.39, 0.29) is 16.5 Å². The van der Waals surface area contributed by atoms with Crippen LogP contribution in [0.15, 0.2) is 83.2 Å². The molecule has 0 bridgehead atoms. The molecule has 2 heterocycles. The molecular weight excluding hydrogens is 503 g/mol. The Morgan fingerprint density at radius 3 is 2.39 bits per heavy atom. The van der Waals surface area contributed by atoms with Crippen LogP contribution in [-0.2, 0) is 10.0 Å². The monoisotopic (exact) mass is 524 g/mol. The Morgan fingerprint density at radius 1 is 1.03 bits per heavy atom. The smallest absolute Gasteiger partial charge is 0.263 e. The van der Waals surface area contributed by atoms with Gasteiger partial charge in [0.25, 0.3) is 10.0 Å². The number of ether oxygens (including phenoxy) is 2. The third-order valence-corrected chi connectivity index (χ3v) is 7.44. The predicted octanol–water partition coefficient (Wildman–Crippen LogP) is 5.66. The number of hydrogen-bond acceptors (Lipinski definition) is 7. The summed E-state index contributed by atoms with van der Waals surface area (Å²) in [7, 11) is -0.839. The molecule has 0 spiro atoms. The maximum absolute atomic E-state index is 13.0. The summed E-state index contributed by atoms with van der Waals surface area (Å²) in [6, 6.07) is 15.4. The second-order valence-electron chi connectivity index (χ2n) is 7.46. The number of ketones is 1. The number of nitrogens with zero attached hydrogens (tertiary/aromatic N) is 1. The van der Waals surface area contributed by atoms with E-state index in [4.69, 9.17) is 9.47 Å². The van der Waals surface area contributed by atoms with Gasteiger partial charge in [-0.15, -0.1) is 11.3 Å². The van der Waals surface area contributed by atoms with Crippen molar-refractivity contribution in [3.8, 4) is 21.9 Å². The molecule has 0 aliphatic rings. The number of sulfonamides is 1. The zero-order valence-corrected chi connectivity index (χ0v) is 20.9. The number of carbonyl (C=O) groups is 1. The van der Waals surface area contributed by atoms with Crippen LogP contribution < -0.4 is 14.2 Å². The lowest BCUT2D eigenvalue weighted by atomic mass is 10.0. The predicted molar refractivity (Wildman–Crippen MR) is 138 cm³/mol. The van der Waals surface area contributed by atoms with Crippen molar-refractivity contribution >= 4 is 39.0 Å². The second-order valence-corrected chi connectivity index (χ2v) is 10.1. The highest BCUT2D eigenvalue weighted by molar-refractivity contribution is 7.92. The van der Waals surface area contributed by atoms with Crippen LogP contribution in [0, 0.1) is 5.82 Å². The molecule has 2 aromatic heterocycles. The Kier molecular flexibility index (Phi) is 7.47. The van der Waals surface area contributed by atoms with Crippen LogP contribution in [-0.4, -0.2) is 33.4 Å². The van der Waals surface area contributed by atoms with Gasteiger partial charge in [-0.1, -0.05) is 6.07 Å². The fourth-order valence-corrected chi connectivity index (χ4v) is 5.13. The average molecular weight is 525 g/mol. The van der Waals surface area contributed by atoms with Gasteiger partial charge in [0.15, 0.2) is 5.78 Å². The van der Waals surface area contributed by atoms with E-state index in [9.17, 15) is 17.6 Å². The first-order valence-electron chi connectivity index (χ1n) is 10.6. The van der Waals surface area contributed by atoms with Gasteiger partial charge in [0, 0.05) is 27.6 Å². The molecular formula is C26H21FN2O5S2. The number of benzene rings is 2. The van der Waals surface area contributed by atoms with Crippen LogP contribution in [0.25, 0.3) is 16.5 Å². The van der Waals surface area contributed by atoms with Crippen molar-refractivity contribution in [2.75, 3.05) is 18.9 Å². The van der Waals surface area contributed by atoms with Crippen LogP contribution >= 0.6 is 11.3 Å². The lowest BCUT2D eigenvalue weighted by Crippen LogP contribution is -2.14. The summed E-state index contributed by atoms with van der Waals surface area (Å²) in [5, 5.41) is 1.97. The van der Waals surface area contributed by atoms with Crippen molar-refractivity contribution in [1.29, 1.82) is 0 Å². The van der Waals surface area contributed by atoms with E-state index in [1.54, 1.807) is 30.6 Å². The first-order chi connectivity index (χ1) is 17.3. The fourth-order valence-electron chi connectivity index (χ4n) is 3.37. The molecule has 0 aliphatic heterocycles. The van der Waals surface area contributed by atoms with Crippen LogP contribution in [0.4, 0.5) is 10.2 Å². The first kappa shape index (κ1) is 25.1. The third kappa shape index (κ3) is 5.61. The van der Waals surface area contributed by atoms with Gasteiger partial charge in [0.1, 0.15) is 23.1 Å². The molecule has 36 heavy (non-hydrogen) atoms. The number of thiophene rings is 1. The molecule has 0 fully saturated rings. The molecule has 2 aromatic carbocycles. The Morgan fingerprint density at radius 2 is 1.78 bits per heavy atom. The van der Waals surface area contributed by atoms with E-state index in [0.717, 1.165) is 22.7 Å². The highest BCUT2D eigenvalue weighted by atomic mass is 32.2. The molecule has 0 unspecified atom stereocenters. The molecule has 4 rings (SSSR count). The van der Waals surface area contributed by atoms with E-state index < -0.39 is 15.8 Å². The summed E-state index contributed by atoms with van der Waals surface area (Å²) in [6.45, 7) is 0. The quantitative estimate of drug-likeness (QED) is 0.224. The van der Waals surface area contributed by atoms with Gasteiger partial charge in [-0.05, 0) is 66.1 Å². The molecule has 0 atom stereocenters. The summed E-state index contributed by atoms with van der Waals surface area (Å²) >= 11 is 1.57. The zero-order chi connectivity index (χ0) is 25.7. The minimum atomic E-state index is -3.96. The van der Waals surface area contributed by atoms with Crippen molar-refractivity contribution in [3.05, 3.63) is 95.3 Å². The molecule has 184 valence electrons. The topological polar surface area (TPSA) is 94.6 Å². The highest BCUT2D eigenvalue weighted by Gasteiger charge is 2.16. The van der Waals surface area contributed by atoms with Crippen molar-refractivity contribution < 1.29 is 27.1 Å². The van der Waals surface area contributed by atoms with Crippen molar-refractivity contribution in [3.63, 3.8) is 0 Å². The van der Waals surface area contributed by atoms with E-state index in [0.29, 0.717) is 22.6 Å². The molecule has 7 nitrogen and oxygen atoms in total. The highest BCUT2D eigenvalue weighted by Crippen LogP contribution is 2.38. The van der Waals surface area contributed by atoms with Gasteiger partial charge < -0.3 is 9.47 Å². The van der Waals surface area contributed by atoms with Crippen LogP contribution in [0.5, 0.6) is 11.5 Å². The van der Waals surface area contributed by atoms with Crippen LogP contribution in [0.1, 0.15) is 15.9 Å². The summed E-state index contributed by atoms with van der Waals surface area (Å²) in [4.78, 5) is 17.4. The van der Waals surface area contributed by atoms with Gasteiger partial charge >= 0.3 is 0 Å². The van der Waals surface area contributed by atoms with Crippen molar-refractivity contribution in [2.24, 2.45) is 0 Å². The second kappa shape index (κ2) is 10.7. The molecule has 4 aromatic rings. The number of anilines is 1. The van der Waals surface area contributed by atoms with Crippen LogP contribution in [0.3, 0.4) is 0 Å². The van der Waals surface area contributed by atoms with E-state index in [2.05, 4.69) is 9.71 Å². The number of rotatable bonds is 9. The molecule has 0 radical (unpaired) electrons. The Balaban J connectivity index is 1.54. The number of nitrogens with one attached hydrogen (secondary N) is 1. The third-order valence-electron chi connectivity index (χ3n) is 5.17. The van der Waals surface area contributed by atoms with Crippen LogP contribution in [0.2, 0.25) is 0 Å². The SMILES string of the molecule is COc1cc(OC)c(-c2cccs2)cc1C=CC(=O)c1ccc(S(=O)(=O)Nc2ccc(F)cn2)cc1. The minimum absolute atomic E-state index is 0.0187. The van der Waals surface area contributed by atoms with Gasteiger partial charge in [0.2, 0.25) is 0 Å². The van der Waals surface area contributed by atoms with E-state index >= 15 is 0 Å². The van der Waals surface area contributed by atoms with E-state index in [1.165, 1.54) is 43.5 Å². The fraction of sp³-hybridized carbons (Fsp3) is 0.0769. The van der Waals surface area contributed by atoms with Gasteiger partial charge in [-0.25, -0.2) is 17.8 Å². The lowest BCUT2D eigenvalue weighted by Gasteiger charge is -2.12. The normalized spacial score (nSPS) is 11.4. The largest absolute Gasteiger partial charge is 0.496 e. The molecule has 1 N–H and O–H groups in total. The number of hydrogen-bond donors (Lipinski definition) is 1. The Bertz CT molecular complexity index is 1500. The van der Waals surface area contributed by atoms with Gasteiger partial charge in [0.05, 0.1) is 25.3 Å². The number of carbonyl (C=O) groups excluding carboxylic acids is 1. The number of allylic oxidation sites excluding steroid dienone is 1. The minimum Gasteiger partial charge on any atom is -0.496 e. The van der Waals surface area contributed by atoms with Crippen molar-refractivity contribution in [2.45, 2.75) is 4.90 Å². The maximum atomic E-state index is 13.0. The Hall–Kier alpha value is -4.02. The molecule has 0 aliphatic carbocycles.